The summed E-state index contributed by atoms with van der Waals surface area (Å²) in [6, 6.07) is 16.3. The van der Waals surface area contributed by atoms with E-state index in [1.54, 1.807) is 6.92 Å². The lowest BCUT2D eigenvalue weighted by molar-refractivity contribution is -0.115. The van der Waals surface area contributed by atoms with Gasteiger partial charge in [-0.05, 0) is 40.7 Å². The first-order valence-corrected chi connectivity index (χ1v) is 12.9. The number of alkyl carbamates (subject to hydrolysis) is 1. The summed E-state index contributed by atoms with van der Waals surface area (Å²) in [6.07, 6.45) is -0.498. The Morgan fingerprint density at radius 1 is 1.11 bits per heavy atom. The summed E-state index contributed by atoms with van der Waals surface area (Å²) in [4.78, 5) is 37.4. The Bertz CT molecular complexity index is 1210. The van der Waals surface area contributed by atoms with E-state index in [0.717, 1.165) is 22.7 Å². The Morgan fingerprint density at radius 3 is 2.37 bits per heavy atom. The molecule has 8 nitrogen and oxygen atoms in total. The van der Waals surface area contributed by atoms with Crippen LogP contribution < -0.4 is 10.2 Å². The number of hydrogen-bond acceptors (Lipinski definition) is 7. The number of ether oxygens (including phenoxy) is 1. The van der Waals surface area contributed by atoms with Crippen LogP contribution in [0.1, 0.15) is 33.1 Å². The maximum Gasteiger partial charge on any atom is 0.407 e. The smallest absolute Gasteiger partial charge is 0.407 e. The van der Waals surface area contributed by atoms with Gasteiger partial charge >= 0.3 is 12.1 Å². The molecule has 0 bridgehead atoms. The highest BCUT2D eigenvalue weighted by molar-refractivity contribution is 7.99. The number of carboxylic acids is 1. The molecule has 35 heavy (non-hydrogen) atoms. The van der Waals surface area contributed by atoms with Gasteiger partial charge in [0, 0.05) is 25.3 Å². The van der Waals surface area contributed by atoms with Gasteiger partial charge < -0.3 is 20.1 Å². The van der Waals surface area contributed by atoms with Gasteiger partial charge in [0.25, 0.3) is 0 Å². The molecule has 0 aliphatic heterocycles. The van der Waals surface area contributed by atoms with Gasteiger partial charge in [0.05, 0.1) is 11.4 Å². The molecule has 2 N–H and O–H groups in total. The van der Waals surface area contributed by atoms with Crippen LogP contribution in [-0.2, 0) is 9.53 Å². The lowest BCUT2D eigenvalue weighted by Crippen LogP contribution is -2.30. The van der Waals surface area contributed by atoms with Crippen molar-refractivity contribution in [3.8, 4) is 11.1 Å². The summed E-state index contributed by atoms with van der Waals surface area (Å²) in [7, 11) is 1.54. The highest BCUT2D eigenvalue weighted by Crippen LogP contribution is 2.44. The van der Waals surface area contributed by atoms with Crippen LogP contribution in [0.3, 0.4) is 0 Å². The predicted octanol–water partition coefficient (Wildman–Crippen LogP) is 4.38. The van der Waals surface area contributed by atoms with Crippen molar-refractivity contribution in [3.05, 3.63) is 70.9 Å². The lowest BCUT2D eigenvalue weighted by atomic mass is 9.98. The number of fused-ring (bicyclic) bond motifs is 3. The summed E-state index contributed by atoms with van der Waals surface area (Å²) in [5, 5.41) is 12.4. The third-order valence-electron chi connectivity index (χ3n) is 5.82. The number of thioether (sulfide) groups is 1. The van der Waals surface area contributed by atoms with Crippen molar-refractivity contribution in [3.63, 3.8) is 0 Å². The number of aromatic carboxylic acids is 1. The average Bonchev–Trinajstić information content (AvgIpc) is 3.40. The SMILES string of the molecule is Cc1nsc(N(C)C(=O)CSCCNC(=O)OCC2c3ccccc3-c3ccccc32)c1C(=O)O. The predicted molar refractivity (Wildman–Crippen MR) is 138 cm³/mol. The van der Waals surface area contributed by atoms with Crippen LogP contribution in [0.15, 0.2) is 48.5 Å². The molecular formula is C25H25N3O5S2. The fraction of sp³-hybridized carbons (Fsp3) is 0.280. The molecule has 2 amide bonds. The Hall–Kier alpha value is -3.37. The van der Waals surface area contributed by atoms with Crippen LogP contribution in [0.2, 0.25) is 0 Å². The zero-order valence-electron chi connectivity index (χ0n) is 19.3. The van der Waals surface area contributed by atoms with Crippen molar-refractivity contribution in [2.45, 2.75) is 12.8 Å². The Morgan fingerprint density at radius 2 is 1.74 bits per heavy atom. The van der Waals surface area contributed by atoms with Crippen molar-refractivity contribution < 1.29 is 24.2 Å². The van der Waals surface area contributed by atoms with E-state index < -0.39 is 12.1 Å². The minimum atomic E-state index is -1.11. The molecule has 0 saturated heterocycles. The molecule has 0 radical (unpaired) electrons. The summed E-state index contributed by atoms with van der Waals surface area (Å²) < 4.78 is 9.55. The molecule has 3 aromatic rings. The fourth-order valence-corrected chi connectivity index (χ4v) is 5.70. The summed E-state index contributed by atoms with van der Waals surface area (Å²) >= 11 is 2.33. The molecule has 1 heterocycles. The third kappa shape index (κ3) is 5.33. The minimum Gasteiger partial charge on any atom is -0.478 e. The zero-order valence-corrected chi connectivity index (χ0v) is 20.9. The van der Waals surface area contributed by atoms with E-state index in [1.807, 2.05) is 24.3 Å². The normalized spacial score (nSPS) is 12.1. The molecule has 2 aromatic carbocycles. The first-order chi connectivity index (χ1) is 16.9. The maximum absolute atomic E-state index is 12.5. The molecule has 0 unspecified atom stereocenters. The second-order valence-corrected chi connectivity index (χ2v) is 9.87. The molecular weight excluding hydrogens is 486 g/mol. The van der Waals surface area contributed by atoms with Crippen molar-refractivity contribution in [1.29, 1.82) is 0 Å². The van der Waals surface area contributed by atoms with E-state index >= 15 is 0 Å². The Labute approximate surface area is 211 Å². The van der Waals surface area contributed by atoms with Crippen LogP contribution in [-0.4, -0.2) is 59.2 Å². The number of nitrogens with zero attached hydrogens (tertiary/aromatic N) is 2. The Kier molecular flexibility index (Phi) is 7.72. The molecule has 1 aliphatic carbocycles. The summed E-state index contributed by atoms with van der Waals surface area (Å²) in [5.41, 5.74) is 5.09. The number of carbonyl (C=O) groups excluding carboxylic acids is 2. The second-order valence-electron chi connectivity index (χ2n) is 8.01. The second kappa shape index (κ2) is 10.9. The first kappa shape index (κ1) is 24.7. The van der Waals surface area contributed by atoms with Crippen molar-refractivity contribution in [2.24, 2.45) is 0 Å². The number of aromatic nitrogens is 1. The van der Waals surface area contributed by atoms with Crippen molar-refractivity contribution >= 4 is 46.3 Å². The fourth-order valence-electron chi connectivity index (χ4n) is 4.08. The highest BCUT2D eigenvalue weighted by Gasteiger charge is 2.29. The summed E-state index contributed by atoms with van der Waals surface area (Å²) in [6.45, 7) is 2.19. The van der Waals surface area contributed by atoms with Crippen molar-refractivity contribution in [1.82, 2.24) is 9.69 Å². The minimum absolute atomic E-state index is 0.00163. The molecule has 0 fully saturated rings. The number of carbonyl (C=O) groups is 3. The van der Waals surface area contributed by atoms with Crippen LogP contribution >= 0.6 is 23.3 Å². The van der Waals surface area contributed by atoms with Crippen LogP contribution in [0.5, 0.6) is 0 Å². The average molecular weight is 512 g/mol. The molecule has 0 atom stereocenters. The standard InChI is InChI=1S/C25H25N3O5S2/c1-15-22(24(30)31)23(35-27-15)28(2)21(29)14-34-12-11-26-25(32)33-13-20-18-9-5-3-7-16(18)17-8-4-6-10-19(17)20/h3-10,20H,11-14H2,1-2H3,(H,26,32)(H,30,31). The Balaban J connectivity index is 1.20. The van der Waals surface area contributed by atoms with E-state index in [0.29, 0.717) is 23.0 Å². The lowest BCUT2D eigenvalue weighted by Gasteiger charge is -2.16. The molecule has 182 valence electrons. The quantitative estimate of drug-likeness (QED) is 0.410. The maximum atomic E-state index is 12.5. The van der Waals surface area contributed by atoms with Gasteiger partial charge in [-0.2, -0.15) is 16.1 Å². The van der Waals surface area contributed by atoms with Crippen LogP contribution in [0, 0.1) is 6.92 Å². The number of rotatable bonds is 9. The third-order valence-corrected chi connectivity index (χ3v) is 7.78. The molecule has 1 aromatic heterocycles. The van der Waals surface area contributed by atoms with Gasteiger partial charge in [-0.3, -0.25) is 4.79 Å². The number of aryl methyl sites for hydroxylation is 1. The van der Waals surface area contributed by atoms with Gasteiger partial charge in [0.1, 0.15) is 17.2 Å². The summed E-state index contributed by atoms with van der Waals surface area (Å²) in [5.74, 6) is -0.675. The number of anilines is 1. The number of benzene rings is 2. The van der Waals surface area contributed by atoms with Crippen molar-refractivity contribution in [2.75, 3.05) is 36.6 Å². The topological polar surface area (TPSA) is 109 Å². The monoisotopic (exact) mass is 511 g/mol. The van der Waals surface area contributed by atoms with Gasteiger partial charge in [-0.25, -0.2) is 9.59 Å². The molecule has 0 saturated carbocycles. The highest BCUT2D eigenvalue weighted by atomic mass is 32.2. The van der Waals surface area contributed by atoms with E-state index in [1.165, 1.54) is 34.8 Å². The van der Waals surface area contributed by atoms with Gasteiger partial charge in [-0.15, -0.1) is 0 Å². The molecule has 1 aliphatic rings. The number of hydrogen-bond donors (Lipinski definition) is 2. The number of carboxylic acid groups (broad SMARTS) is 1. The van der Waals surface area contributed by atoms with E-state index in [9.17, 15) is 19.5 Å². The van der Waals surface area contributed by atoms with Crippen LogP contribution in [0.25, 0.3) is 11.1 Å². The first-order valence-electron chi connectivity index (χ1n) is 11.0. The zero-order chi connectivity index (χ0) is 24.9. The van der Waals surface area contributed by atoms with Gasteiger partial charge in [0.15, 0.2) is 0 Å². The number of nitrogens with one attached hydrogen (secondary N) is 1. The molecule has 10 heteroatoms. The van der Waals surface area contributed by atoms with E-state index in [-0.39, 0.29) is 29.7 Å². The largest absolute Gasteiger partial charge is 0.478 e. The van der Waals surface area contributed by atoms with E-state index in [4.69, 9.17) is 4.74 Å². The van der Waals surface area contributed by atoms with Crippen LogP contribution in [0.4, 0.5) is 9.80 Å². The number of amides is 2. The molecule has 4 rings (SSSR count). The molecule has 0 spiro atoms. The van der Waals surface area contributed by atoms with Gasteiger partial charge in [-0.1, -0.05) is 48.5 Å². The van der Waals surface area contributed by atoms with Gasteiger partial charge in [0.2, 0.25) is 5.91 Å². The van der Waals surface area contributed by atoms with E-state index in [2.05, 4.69) is 34.0 Å².